The number of rotatable bonds is 15. The average molecular weight is 293 g/mol. The van der Waals surface area contributed by atoms with E-state index in [9.17, 15) is 0 Å². The second-order valence-electron chi connectivity index (χ2n) is 6.54. The van der Waals surface area contributed by atoms with Crippen LogP contribution < -0.4 is 0 Å². The third-order valence-electron chi connectivity index (χ3n) is 4.43. The van der Waals surface area contributed by atoms with Gasteiger partial charge in [0, 0.05) is 0 Å². The highest BCUT2D eigenvalue weighted by molar-refractivity contribution is 4.89. The molecule has 0 saturated heterocycles. The maximum atomic E-state index is 3.96. The zero-order valence-electron chi connectivity index (χ0n) is 15.1. The minimum atomic E-state index is 0.740. The highest BCUT2D eigenvalue weighted by Gasteiger charge is 2.04. The van der Waals surface area contributed by atoms with Crippen LogP contribution in [0.1, 0.15) is 97.8 Å². The second-order valence-corrected chi connectivity index (χ2v) is 6.54. The van der Waals surface area contributed by atoms with E-state index in [1.165, 1.54) is 77.0 Å². The predicted octanol–water partition coefficient (Wildman–Crippen LogP) is 7.70. The smallest absolute Gasteiger partial charge is 0.0234 e. The summed E-state index contributed by atoms with van der Waals surface area (Å²) in [6.45, 7) is 10.8. The zero-order valence-corrected chi connectivity index (χ0v) is 15.1. The second kappa shape index (κ2) is 15.9. The van der Waals surface area contributed by atoms with Crippen molar-refractivity contribution in [2.24, 2.45) is 11.8 Å². The van der Waals surface area contributed by atoms with Gasteiger partial charge in [-0.25, -0.2) is 0 Å². The molecular weight excluding hydrogens is 252 g/mol. The largest absolute Gasteiger partial charge is 0.103 e. The third-order valence-corrected chi connectivity index (χ3v) is 4.43. The minimum absolute atomic E-state index is 0.740. The Morgan fingerprint density at radius 1 is 0.714 bits per heavy atom. The lowest BCUT2D eigenvalue weighted by Gasteiger charge is -2.12. The molecule has 0 amide bonds. The van der Waals surface area contributed by atoms with Gasteiger partial charge >= 0.3 is 0 Å². The molecule has 2 atom stereocenters. The van der Waals surface area contributed by atoms with Crippen LogP contribution in [0.15, 0.2) is 24.8 Å². The molecule has 0 rings (SSSR count). The Balaban J connectivity index is 3.83. The van der Waals surface area contributed by atoms with E-state index in [1.54, 1.807) is 0 Å². The molecule has 0 aliphatic rings. The number of hydrogen-bond acceptors (Lipinski definition) is 0. The topological polar surface area (TPSA) is 0 Å². The van der Waals surface area contributed by atoms with E-state index in [4.69, 9.17) is 0 Å². The van der Waals surface area contributed by atoms with Crippen molar-refractivity contribution in [1.29, 1.82) is 0 Å². The van der Waals surface area contributed by atoms with Gasteiger partial charge in [0.2, 0.25) is 0 Å². The molecule has 21 heavy (non-hydrogen) atoms. The molecule has 0 radical (unpaired) electrons. The Morgan fingerprint density at radius 3 is 2.00 bits per heavy atom. The lowest BCUT2D eigenvalue weighted by atomic mass is 9.94. The first-order chi connectivity index (χ1) is 10.3. The third kappa shape index (κ3) is 12.9. The summed E-state index contributed by atoms with van der Waals surface area (Å²) < 4.78 is 0. The van der Waals surface area contributed by atoms with Crippen LogP contribution in [0.4, 0.5) is 0 Å². The highest BCUT2D eigenvalue weighted by atomic mass is 14.1. The van der Waals surface area contributed by atoms with Gasteiger partial charge in [-0.05, 0) is 50.4 Å². The van der Waals surface area contributed by atoms with Crippen LogP contribution in [0.2, 0.25) is 0 Å². The molecule has 0 aliphatic heterocycles. The van der Waals surface area contributed by atoms with Gasteiger partial charge in [-0.2, -0.15) is 0 Å². The van der Waals surface area contributed by atoms with Crippen LogP contribution in [-0.4, -0.2) is 0 Å². The van der Waals surface area contributed by atoms with Crippen LogP contribution in [-0.2, 0) is 0 Å². The number of unbranched alkanes of at least 4 members (excludes halogenated alkanes) is 4. The summed E-state index contributed by atoms with van der Waals surface area (Å²) in [5.41, 5.74) is 0. The van der Waals surface area contributed by atoms with Crippen LogP contribution >= 0.6 is 0 Å². The van der Waals surface area contributed by atoms with Crippen LogP contribution in [0, 0.1) is 11.8 Å². The van der Waals surface area contributed by atoms with Crippen molar-refractivity contribution in [2.75, 3.05) is 0 Å². The van der Waals surface area contributed by atoms with Gasteiger partial charge in [0.25, 0.3) is 0 Å². The molecule has 0 saturated carbocycles. The Labute approximate surface area is 135 Å². The SMILES string of the molecule is C=CC(CCC)CCCC=CC(CCC)CCCCCC. The van der Waals surface area contributed by atoms with Crippen LogP contribution in [0.5, 0.6) is 0 Å². The maximum absolute atomic E-state index is 3.96. The molecule has 0 bridgehead atoms. The monoisotopic (exact) mass is 292 g/mol. The van der Waals surface area contributed by atoms with Crippen molar-refractivity contribution >= 4 is 0 Å². The van der Waals surface area contributed by atoms with Crippen LogP contribution in [0.3, 0.4) is 0 Å². The molecule has 0 heterocycles. The Kier molecular flexibility index (Phi) is 15.5. The first kappa shape index (κ1) is 20.5. The van der Waals surface area contributed by atoms with E-state index in [1.807, 2.05) is 0 Å². The summed E-state index contributed by atoms with van der Waals surface area (Å²) in [5, 5.41) is 0. The fraction of sp³-hybridized carbons (Fsp3) is 0.810. The van der Waals surface area contributed by atoms with Gasteiger partial charge in [-0.3, -0.25) is 0 Å². The molecule has 124 valence electrons. The summed E-state index contributed by atoms with van der Waals surface area (Å²) in [4.78, 5) is 0. The van der Waals surface area contributed by atoms with Gasteiger partial charge in [-0.15, -0.1) is 6.58 Å². The molecule has 0 aromatic heterocycles. The van der Waals surface area contributed by atoms with E-state index in [0.29, 0.717) is 0 Å². The molecule has 0 N–H and O–H groups in total. The highest BCUT2D eigenvalue weighted by Crippen LogP contribution is 2.19. The molecule has 0 heteroatoms. The number of allylic oxidation sites excluding steroid dienone is 3. The summed E-state index contributed by atoms with van der Waals surface area (Å²) >= 11 is 0. The molecule has 2 unspecified atom stereocenters. The van der Waals surface area contributed by atoms with Crippen molar-refractivity contribution in [3.8, 4) is 0 Å². The summed E-state index contributed by atoms with van der Waals surface area (Å²) in [7, 11) is 0. The maximum Gasteiger partial charge on any atom is -0.0234 e. The van der Waals surface area contributed by atoms with E-state index in [-0.39, 0.29) is 0 Å². The molecule has 0 aliphatic carbocycles. The fourth-order valence-electron chi connectivity index (χ4n) is 3.08. The standard InChI is InChI=1S/C21H40/c1-5-9-10-12-18-21(16-7-3)19-14-11-13-17-20(8-4)15-6-2/h8,14,19-21H,4-7,9-13,15-18H2,1-3H3. The van der Waals surface area contributed by atoms with E-state index in [0.717, 1.165) is 11.8 Å². The molecular formula is C21H40. The van der Waals surface area contributed by atoms with Crippen molar-refractivity contribution in [1.82, 2.24) is 0 Å². The quantitative estimate of drug-likeness (QED) is 0.214. The van der Waals surface area contributed by atoms with Crippen molar-refractivity contribution < 1.29 is 0 Å². The molecule has 0 nitrogen and oxygen atoms in total. The predicted molar refractivity (Wildman–Crippen MR) is 98.7 cm³/mol. The molecule has 0 aromatic rings. The van der Waals surface area contributed by atoms with Gasteiger partial charge in [0.1, 0.15) is 0 Å². The molecule has 0 fully saturated rings. The summed E-state index contributed by atoms with van der Waals surface area (Å²) in [6.07, 6.45) is 23.3. The van der Waals surface area contributed by atoms with Crippen LogP contribution in [0.25, 0.3) is 0 Å². The summed E-state index contributed by atoms with van der Waals surface area (Å²) in [5.74, 6) is 1.57. The van der Waals surface area contributed by atoms with E-state index < -0.39 is 0 Å². The Morgan fingerprint density at radius 2 is 1.38 bits per heavy atom. The van der Waals surface area contributed by atoms with Crippen molar-refractivity contribution in [3.05, 3.63) is 24.8 Å². The minimum Gasteiger partial charge on any atom is -0.103 e. The number of hydrogen-bond donors (Lipinski definition) is 0. The Bertz CT molecular complexity index is 238. The zero-order chi connectivity index (χ0) is 15.8. The fourth-order valence-corrected chi connectivity index (χ4v) is 3.08. The lowest BCUT2D eigenvalue weighted by molar-refractivity contribution is 0.492. The van der Waals surface area contributed by atoms with Gasteiger partial charge < -0.3 is 0 Å². The molecule has 0 aromatic carbocycles. The summed E-state index contributed by atoms with van der Waals surface area (Å²) in [6, 6.07) is 0. The van der Waals surface area contributed by atoms with Gasteiger partial charge in [-0.1, -0.05) is 77.5 Å². The first-order valence-corrected chi connectivity index (χ1v) is 9.57. The Hall–Kier alpha value is -0.520. The van der Waals surface area contributed by atoms with Gasteiger partial charge in [0.05, 0.1) is 0 Å². The normalized spacial score (nSPS) is 14.4. The van der Waals surface area contributed by atoms with Crippen molar-refractivity contribution in [2.45, 2.75) is 97.8 Å². The first-order valence-electron chi connectivity index (χ1n) is 9.57. The van der Waals surface area contributed by atoms with E-state index >= 15 is 0 Å². The molecule has 0 spiro atoms. The van der Waals surface area contributed by atoms with E-state index in [2.05, 4.69) is 45.6 Å². The lowest BCUT2D eigenvalue weighted by Crippen LogP contribution is -1.97. The average Bonchev–Trinajstić information content (AvgIpc) is 2.49. The van der Waals surface area contributed by atoms with Crippen molar-refractivity contribution in [3.63, 3.8) is 0 Å². The van der Waals surface area contributed by atoms with Gasteiger partial charge in [0.15, 0.2) is 0 Å².